The molecule has 0 aliphatic heterocycles. The standard InChI is InChI=1S/C17H24N2OS/c1-4-5-6-7-12(3)19-17(20)16-15(18)13-10-11(2)8-9-14(13)21-16/h8-10,12H,4-7,18H2,1-3H3,(H,19,20). The van der Waals surface area contributed by atoms with Gasteiger partial charge in [-0.3, -0.25) is 4.79 Å². The normalized spacial score (nSPS) is 12.5. The Morgan fingerprint density at radius 2 is 2.14 bits per heavy atom. The summed E-state index contributed by atoms with van der Waals surface area (Å²) < 4.78 is 1.07. The predicted octanol–water partition coefficient (Wildman–Crippen LogP) is 4.49. The van der Waals surface area contributed by atoms with Crippen molar-refractivity contribution in [1.82, 2.24) is 5.32 Å². The van der Waals surface area contributed by atoms with Crippen LogP contribution >= 0.6 is 11.3 Å². The van der Waals surface area contributed by atoms with Crippen molar-refractivity contribution in [3.8, 4) is 0 Å². The van der Waals surface area contributed by atoms with Crippen molar-refractivity contribution in [2.24, 2.45) is 0 Å². The monoisotopic (exact) mass is 304 g/mol. The first-order chi connectivity index (χ1) is 10.0. The number of amides is 1. The van der Waals surface area contributed by atoms with Crippen LogP contribution in [0.3, 0.4) is 0 Å². The highest BCUT2D eigenvalue weighted by Gasteiger charge is 2.17. The van der Waals surface area contributed by atoms with Crippen molar-refractivity contribution in [1.29, 1.82) is 0 Å². The molecule has 0 fully saturated rings. The Bertz CT molecular complexity index is 633. The maximum Gasteiger partial charge on any atom is 0.263 e. The lowest BCUT2D eigenvalue weighted by Crippen LogP contribution is -2.32. The van der Waals surface area contributed by atoms with Crippen LogP contribution < -0.4 is 11.1 Å². The molecule has 3 N–H and O–H groups in total. The predicted molar refractivity (Wildman–Crippen MR) is 92.0 cm³/mol. The second kappa shape index (κ2) is 6.94. The average molecular weight is 304 g/mol. The van der Waals surface area contributed by atoms with E-state index in [2.05, 4.69) is 19.2 Å². The molecule has 2 rings (SSSR count). The molecule has 0 saturated carbocycles. The topological polar surface area (TPSA) is 55.1 Å². The van der Waals surface area contributed by atoms with Gasteiger partial charge in [-0.15, -0.1) is 11.3 Å². The SMILES string of the molecule is CCCCCC(C)NC(=O)c1sc2ccc(C)cc2c1N. The number of hydrogen-bond donors (Lipinski definition) is 2. The van der Waals surface area contributed by atoms with Gasteiger partial charge >= 0.3 is 0 Å². The lowest BCUT2D eigenvalue weighted by molar-refractivity contribution is 0.0943. The highest BCUT2D eigenvalue weighted by Crippen LogP contribution is 2.34. The molecule has 1 atom stereocenters. The van der Waals surface area contributed by atoms with E-state index in [1.165, 1.54) is 24.2 Å². The fraction of sp³-hybridized carbons (Fsp3) is 0.471. The highest BCUT2D eigenvalue weighted by molar-refractivity contribution is 7.21. The maximum atomic E-state index is 12.4. The Morgan fingerprint density at radius 3 is 2.86 bits per heavy atom. The summed E-state index contributed by atoms with van der Waals surface area (Å²) >= 11 is 1.47. The molecule has 1 amide bonds. The van der Waals surface area contributed by atoms with Gasteiger partial charge in [0.1, 0.15) is 4.88 Å². The molecule has 114 valence electrons. The van der Waals surface area contributed by atoms with E-state index in [0.717, 1.165) is 28.5 Å². The number of nitrogens with two attached hydrogens (primary N) is 1. The molecule has 0 aliphatic carbocycles. The van der Waals surface area contributed by atoms with Gasteiger partial charge in [0.25, 0.3) is 5.91 Å². The number of nitrogen functional groups attached to an aromatic ring is 1. The molecule has 0 saturated heterocycles. The van der Waals surface area contributed by atoms with Crippen molar-refractivity contribution in [3.63, 3.8) is 0 Å². The summed E-state index contributed by atoms with van der Waals surface area (Å²) in [5.41, 5.74) is 7.92. The van der Waals surface area contributed by atoms with E-state index in [4.69, 9.17) is 5.73 Å². The second-order valence-electron chi connectivity index (χ2n) is 5.71. The van der Waals surface area contributed by atoms with Gasteiger partial charge in [0.05, 0.1) is 5.69 Å². The Kier molecular flexibility index (Phi) is 5.23. The Labute approximate surface area is 130 Å². The lowest BCUT2D eigenvalue weighted by Gasteiger charge is -2.13. The molecule has 0 aliphatic rings. The maximum absolute atomic E-state index is 12.4. The summed E-state index contributed by atoms with van der Waals surface area (Å²) in [7, 11) is 0. The van der Waals surface area contributed by atoms with Gasteiger partial charge in [-0.1, -0.05) is 37.8 Å². The number of thiophene rings is 1. The zero-order chi connectivity index (χ0) is 15.4. The van der Waals surface area contributed by atoms with E-state index in [1.54, 1.807) is 0 Å². The van der Waals surface area contributed by atoms with Crippen LogP contribution in [0.15, 0.2) is 18.2 Å². The summed E-state index contributed by atoms with van der Waals surface area (Å²) in [6, 6.07) is 6.32. The fourth-order valence-corrected chi connectivity index (χ4v) is 3.47. The molecular weight excluding hydrogens is 280 g/mol. The number of hydrogen-bond acceptors (Lipinski definition) is 3. The number of carbonyl (C=O) groups is 1. The van der Waals surface area contributed by atoms with Crippen molar-refractivity contribution in [2.75, 3.05) is 5.73 Å². The average Bonchev–Trinajstić information content (AvgIpc) is 2.76. The van der Waals surface area contributed by atoms with Crippen LogP contribution in [0.25, 0.3) is 10.1 Å². The third kappa shape index (κ3) is 3.76. The molecular formula is C17H24N2OS. The first kappa shape index (κ1) is 15.8. The van der Waals surface area contributed by atoms with Gasteiger partial charge in [0.2, 0.25) is 0 Å². The third-order valence-electron chi connectivity index (χ3n) is 3.71. The number of aryl methyl sites for hydroxylation is 1. The van der Waals surface area contributed by atoms with E-state index >= 15 is 0 Å². The summed E-state index contributed by atoms with van der Waals surface area (Å²) in [5, 5.41) is 4.05. The van der Waals surface area contributed by atoms with Crippen LogP contribution in [0.5, 0.6) is 0 Å². The van der Waals surface area contributed by atoms with Crippen molar-refractivity contribution in [3.05, 3.63) is 28.6 Å². The molecule has 1 heterocycles. The van der Waals surface area contributed by atoms with Crippen LogP contribution in [0, 0.1) is 6.92 Å². The number of nitrogens with one attached hydrogen (secondary N) is 1. The Hall–Kier alpha value is -1.55. The molecule has 0 radical (unpaired) electrons. The smallest absolute Gasteiger partial charge is 0.263 e. The highest BCUT2D eigenvalue weighted by atomic mass is 32.1. The van der Waals surface area contributed by atoms with E-state index in [-0.39, 0.29) is 11.9 Å². The molecule has 1 aromatic carbocycles. The summed E-state index contributed by atoms with van der Waals surface area (Å²) in [6.07, 6.45) is 4.58. The zero-order valence-electron chi connectivity index (χ0n) is 13.0. The van der Waals surface area contributed by atoms with Crippen LogP contribution in [0.4, 0.5) is 5.69 Å². The molecule has 4 heteroatoms. The number of rotatable bonds is 6. The lowest BCUT2D eigenvalue weighted by atomic mass is 10.1. The first-order valence-electron chi connectivity index (χ1n) is 7.62. The van der Waals surface area contributed by atoms with Gasteiger partial charge in [0.15, 0.2) is 0 Å². The van der Waals surface area contributed by atoms with Crippen molar-refractivity contribution >= 4 is 33.0 Å². The van der Waals surface area contributed by atoms with Crippen LogP contribution in [0.1, 0.15) is 54.8 Å². The van der Waals surface area contributed by atoms with E-state index in [0.29, 0.717) is 10.6 Å². The molecule has 1 unspecified atom stereocenters. The van der Waals surface area contributed by atoms with Gasteiger partial charge in [-0.25, -0.2) is 0 Å². The Balaban J connectivity index is 2.10. The summed E-state index contributed by atoms with van der Waals surface area (Å²) in [6.45, 7) is 6.27. The first-order valence-corrected chi connectivity index (χ1v) is 8.44. The quantitative estimate of drug-likeness (QED) is 0.772. The second-order valence-corrected chi connectivity index (χ2v) is 6.77. The van der Waals surface area contributed by atoms with Gasteiger partial charge in [0, 0.05) is 16.1 Å². The minimum Gasteiger partial charge on any atom is -0.397 e. The number of benzene rings is 1. The molecule has 21 heavy (non-hydrogen) atoms. The minimum atomic E-state index is -0.0460. The van der Waals surface area contributed by atoms with Crippen molar-refractivity contribution in [2.45, 2.75) is 52.5 Å². The van der Waals surface area contributed by atoms with Crippen LogP contribution in [-0.2, 0) is 0 Å². The van der Waals surface area contributed by atoms with E-state index in [9.17, 15) is 4.79 Å². The van der Waals surface area contributed by atoms with Crippen molar-refractivity contribution < 1.29 is 4.79 Å². The third-order valence-corrected chi connectivity index (χ3v) is 4.89. The van der Waals surface area contributed by atoms with Gasteiger partial charge in [-0.2, -0.15) is 0 Å². The number of anilines is 1. The number of fused-ring (bicyclic) bond motifs is 1. The molecule has 2 aromatic rings. The summed E-state index contributed by atoms with van der Waals surface area (Å²) in [4.78, 5) is 13.0. The molecule has 1 aromatic heterocycles. The summed E-state index contributed by atoms with van der Waals surface area (Å²) in [5.74, 6) is -0.0460. The number of unbranched alkanes of at least 4 members (excludes halogenated alkanes) is 2. The van der Waals surface area contributed by atoms with Crippen LogP contribution in [0.2, 0.25) is 0 Å². The molecule has 0 spiro atoms. The van der Waals surface area contributed by atoms with Gasteiger partial charge < -0.3 is 11.1 Å². The largest absolute Gasteiger partial charge is 0.397 e. The van der Waals surface area contributed by atoms with E-state index < -0.39 is 0 Å². The minimum absolute atomic E-state index is 0.0460. The Morgan fingerprint density at radius 1 is 1.38 bits per heavy atom. The number of carbonyl (C=O) groups excluding carboxylic acids is 1. The molecule has 0 bridgehead atoms. The zero-order valence-corrected chi connectivity index (χ0v) is 13.8. The van der Waals surface area contributed by atoms with Crippen LogP contribution in [-0.4, -0.2) is 11.9 Å². The molecule has 3 nitrogen and oxygen atoms in total. The van der Waals surface area contributed by atoms with Gasteiger partial charge in [-0.05, 0) is 32.4 Å². The van der Waals surface area contributed by atoms with E-state index in [1.807, 2.05) is 25.1 Å². The fourth-order valence-electron chi connectivity index (χ4n) is 2.46.